The first-order valence-corrected chi connectivity index (χ1v) is 9.97. The standard InChI is InChI=1S/C22H31N3O6/c1-12(2)22(11-23,13(3)4)25-20(27)14-7-19(31-10-14)24-21(28)15-8-17(29-5)18(30-6)9-16(15)26/h7-10,12-13,26H,11,23H2,1-6H3,(H,24,28)(H,25,27). The number of carbonyl (C=O) groups excluding carboxylic acids is 2. The van der Waals surface area contributed by atoms with E-state index in [1.807, 2.05) is 27.7 Å². The summed E-state index contributed by atoms with van der Waals surface area (Å²) in [5.41, 5.74) is 5.61. The highest BCUT2D eigenvalue weighted by atomic mass is 16.5. The fourth-order valence-electron chi connectivity index (χ4n) is 3.51. The van der Waals surface area contributed by atoms with E-state index in [0.29, 0.717) is 0 Å². The molecule has 2 aromatic rings. The van der Waals surface area contributed by atoms with Gasteiger partial charge in [-0.2, -0.15) is 0 Å². The van der Waals surface area contributed by atoms with E-state index in [2.05, 4.69) is 10.6 Å². The molecule has 0 radical (unpaired) electrons. The normalized spacial score (nSPS) is 11.5. The molecule has 2 rings (SSSR count). The molecule has 0 unspecified atom stereocenters. The van der Waals surface area contributed by atoms with Crippen molar-refractivity contribution in [3.63, 3.8) is 0 Å². The van der Waals surface area contributed by atoms with Crippen LogP contribution in [0.25, 0.3) is 0 Å². The minimum absolute atomic E-state index is 0.0400. The molecule has 9 heteroatoms. The number of nitrogens with two attached hydrogens (primary N) is 1. The summed E-state index contributed by atoms with van der Waals surface area (Å²) in [5, 5.41) is 15.7. The zero-order chi connectivity index (χ0) is 23.3. The van der Waals surface area contributed by atoms with Crippen LogP contribution in [0.1, 0.15) is 48.4 Å². The zero-order valence-electron chi connectivity index (χ0n) is 18.7. The van der Waals surface area contributed by atoms with Crippen molar-refractivity contribution in [1.82, 2.24) is 5.32 Å². The summed E-state index contributed by atoms with van der Waals surface area (Å²) in [6.45, 7) is 8.30. The average Bonchev–Trinajstić information content (AvgIpc) is 3.19. The van der Waals surface area contributed by atoms with E-state index in [9.17, 15) is 14.7 Å². The highest BCUT2D eigenvalue weighted by Gasteiger charge is 2.37. The topological polar surface area (TPSA) is 136 Å². The van der Waals surface area contributed by atoms with E-state index in [-0.39, 0.29) is 58.5 Å². The number of nitrogens with one attached hydrogen (secondary N) is 2. The predicted molar refractivity (Wildman–Crippen MR) is 117 cm³/mol. The van der Waals surface area contributed by atoms with Crippen LogP contribution in [0.4, 0.5) is 5.88 Å². The van der Waals surface area contributed by atoms with Crippen molar-refractivity contribution in [2.45, 2.75) is 33.2 Å². The molecule has 0 fully saturated rings. The second-order valence-corrected chi connectivity index (χ2v) is 7.89. The van der Waals surface area contributed by atoms with Gasteiger partial charge in [0.05, 0.1) is 30.9 Å². The molecule has 0 atom stereocenters. The van der Waals surface area contributed by atoms with Crippen molar-refractivity contribution in [2.24, 2.45) is 17.6 Å². The Kier molecular flexibility index (Phi) is 7.56. The summed E-state index contributed by atoms with van der Waals surface area (Å²) in [4.78, 5) is 25.4. The highest BCUT2D eigenvalue weighted by Crippen LogP contribution is 2.34. The second-order valence-electron chi connectivity index (χ2n) is 7.89. The van der Waals surface area contributed by atoms with Crippen LogP contribution < -0.4 is 25.8 Å². The van der Waals surface area contributed by atoms with Gasteiger partial charge in [0.2, 0.25) is 0 Å². The van der Waals surface area contributed by atoms with Crippen LogP contribution in [0, 0.1) is 11.8 Å². The van der Waals surface area contributed by atoms with Crippen molar-refractivity contribution in [3.05, 3.63) is 35.6 Å². The van der Waals surface area contributed by atoms with Crippen molar-refractivity contribution in [2.75, 3.05) is 26.1 Å². The number of anilines is 1. The van der Waals surface area contributed by atoms with Crippen molar-refractivity contribution in [1.29, 1.82) is 0 Å². The Morgan fingerprint density at radius 2 is 1.65 bits per heavy atom. The van der Waals surface area contributed by atoms with E-state index >= 15 is 0 Å². The van der Waals surface area contributed by atoms with E-state index in [1.54, 1.807) is 0 Å². The minimum Gasteiger partial charge on any atom is -0.507 e. The van der Waals surface area contributed by atoms with Gasteiger partial charge in [0.25, 0.3) is 11.8 Å². The molecule has 0 aliphatic rings. The van der Waals surface area contributed by atoms with E-state index in [4.69, 9.17) is 19.6 Å². The van der Waals surface area contributed by atoms with Gasteiger partial charge in [-0.05, 0) is 11.8 Å². The van der Waals surface area contributed by atoms with Crippen molar-refractivity contribution < 1.29 is 28.6 Å². The lowest BCUT2D eigenvalue weighted by molar-refractivity contribution is 0.0812. The molecule has 0 bridgehead atoms. The fourth-order valence-corrected chi connectivity index (χ4v) is 3.51. The van der Waals surface area contributed by atoms with Gasteiger partial charge in [0.15, 0.2) is 17.4 Å². The maximum Gasteiger partial charge on any atom is 0.261 e. The van der Waals surface area contributed by atoms with Crippen LogP contribution in [0.2, 0.25) is 0 Å². The molecular formula is C22H31N3O6. The highest BCUT2D eigenvalue weighted by molar-refractivity contribution is 6.06. The SMILES string of the molecule is COc1cc(O)c(C(=O)Nc2cc(C(=O)NC(CN)(C(C)C)C(C)C)co2)cc1OC. The van der Waals surface area contributed by atoms with Crippen LogP contribution in [0.3, 0.4) is 0 Å². The fraction of sp³-hybridized carbons (Fsp3) is 0.455. The summed E-state index contributed by atoms with van der Waals surface area (Å²) in [7, 11) is 2.84. The van der Waals surface area contributed by atoms with Crippen LogP contribution >= 0.6 is 0 Å². The molecule has 1 heterocycles. The summed E-state index contributed by atoms with van der Waals surface area (Å²) < 4.78 is 15.6. The molecule has 1 aromatic carbocycles. The molecule has 2 amide bonds. The second kappa shape index (κ2) is 9.74. The van der Waals surface area contributed by atoms with Gasteiger partial charge in [-0.15, -0.1) is 0 Å². The molecule has 170 valence electrons. The summed E-state index contributed by atoms with van der Waals surface area (Å²) in [6.07, 6.45) is 1.25. The number of rotatable bonds is 9. The summed E-state index contributed by atoms with van der Waals surface area (Å²) in [6, 6.07) is 4.03. The lowest BCUT2D eigenvalue weighted by Gasteiger charge is -2.41. The molecule has 0 saturated heterocycles. The Hall–Kier alpha value is -3.20. The van der Waals surface area contributed by atoms with E-state index in [0.717, 1.165) is 0 Å². The third-order valence-electron chi connectivity index (χ3n) is 5.59. The molecule has 1 aromatic heterocycles. The van der Waals surface area contributed by atoms with Crippen LogP contribution in [-0.4, -0.2) is 43.2 Å². The van der Waals surface area contributed by atoms with Gasteiger partial charge in [-0.3, -0.25) is 14.9 Å². The molecule has 9 nitrogen and oxygen atoms in total. The van der Waals surface area contributed by atoms with Crippen LogP contribution in [-0.2, 0) is 0 Å². The number of phenolic OH excluding ortho intramolecular Hbond substituents is 1. The molecule has 0 aliphatic heterocycles. The van der Waals surface area contributed by atoms with Gasteiger partial charge in [-0.1, -0.05) is 27.7 Å². The predicted octanol–water partition coefficient (Wildman–Crippen LogP) is 2.99. The monoisotopic (exact) mass is 433 g/mol. The van der Waals surface area contributed by atoms with Crippen molar-refractivity contribution >= 4 is 17.7 Å². The maximum absolute atomic E-state index is 12.8. The lowest BCUT2D eigenvalue weighted by atomic mass is 9.76. The molecule has 0 saturated carbocycles. The Morgan fingerprint density at radius 1 is 1.06 bits per heavy atom. The largest absolute Gasteiger partial charge is 0.507 e. The number of benzene rings is 1. The summed E-state index contributed by atoms with van der Waals surface area (Å²) in [5.74, 6) is -0.441. The number of amides is 2. The Bertz CT molecular complexity index is 927. The Labute approximate surface area is 181 Å². The number of phenols is 1. The number of methoxy groups -OCH3 is 2. The summed E-state index contributed by atoms with van der Waals surface area (Å²) >= 11 is 0. The molecule has 31 heavy (non-hydrogen) atoms. The number of aromatic hydroxyl groups is 1. The van der Waals surface area contributed by atoms with Gasteiger partial charge in [-0.25, -0.2) is 0 Å². The first-order valence-electron chi connectivity index (χ1n) is 9.97. The van der Waals surface area contributed by atoms with Gasteiger partial charge >= 0.3 is 0 Å². The number of hydrogen-bond acceptors (Lipinski definition) is 7. The average molecular weight is 434 g/mol. The molecule has 5 N–H and O–H groups in total. The Morgan fingerprint density at radius 3 is 2.16 bits per heavy atom. The number of carbonyl (C=O) groups is 2. The number of ether oxygens (including phenoxy) is 2. The minimum atomic E-state index is -0.638. The number of furan rings is 1. The molecule has 0 spiro atoms. The quantitative estimate of drug-likeness (QED) is 0.477. The van der Waals surface area contributed by atoms with Gasteiger partial charge in [0, 0.05) is 24.7 Å². The maximum atomic E-state index is 12.8. The van der Waals surface area contributed by atoms with Crippen molar-refractivity contribution in [3.8, 4) is 17.2 Å². The zero-order valence-corrected chi connectivity index (χ0v) is 18.7. The third kappa shape index (κ3) is 4.93. The van der Waals surface area contributed by atoms with Gasteiger partial charge in [0.1, 0.15) is 12.0 Å². The smallest absolute Gasteiger partial charge is 0.261 e. The van der Waals surface area contributed by atoms with Gasteiger partial charge < -0.3 is 30.0 Å². The number of hydrogen-bond donors (Lipinski definition) is 4. The lowest BCUT2D eigenvalue weighted by Crippen LogP contribution is -2.60. The first-order chi connectivity index (χ1) is 14.6. The molecule has 0 aliphatic carbocycles. The Balaban J connectivity index is 2.20. The van der Waals surface area contributed by atoms with Crippen LogP contribution in [0.15, 0.2) is 28.9 Å². The van der Waals surface area contributed by atoms with Crippen LogP contribution in [0.5, 0.6) is 17.2 Å². The third-order valence-corrected chi connectivity index (χ3v) is 5.59. The molecular weight excluding hydrogens is 402 g/mol. The van der Waals surface area contributed by atoms with E-state index in [1.165, 1.54) is 38.7 Å². The van der Waals surface area contributed by atoms with E-state index < -0.39 is 11.4 Å². The first kappa shape index (κ1) is 24.1.